The highest BCUT2D eigenvalue weighted by molar-refractivity contribution is 14.1. The van der Waals surface area contributed by atoms with Gasteiger partial charge in [-0.3, -0.25) is 0 Å². The van der Waals surface area contributed by atoms with Crippen molar-refractivity contribution in [3.05, 3.63) is 57.7 Å². The Kier molecular flexibility index (Phi) is 4.42. The average molecular weight is 367 g/mol. The highest BCUT2D eigenvalue weighted by Crippen LogP contribution is 2.21. The Balaban J connectivity index is 2.14. The van der Waals surface area contributed by atoms with E-state index < -0.39 is 0 Å². The van der Waals surface area contributed by atoms with Gasteiger partial charge in [-0.2, -0.15) is 0 Å². The van der Waals surface area contributed by atoms with Gasteiger partial charge in [-0.25, -0.2) is 4.79 Å². The molecule has 0 saturated heterocycles. The molecule has 0 radical (unpaired) electrons. The molecule has 2 aromatic carbocycles. The summed E-state index contributed by atoms with van der Waals surface area (Å²) in [5.74, 6) is 0.249. The molecule has 2 aromatic rings. The zero-order valence-electron chi connectivity index (χ0n) is 10.8. The number of anilines is 1. The third-order valence-electron chi connectivity index (χ3n) is 2.66. The van der Waals surface area contributed by atoms with Gasteiger partial charge in [-0.05, 0) is 59.0 Å². The average Bonchev–Trinajstić information content (AvgIpc) is 2.41. The molecular weight excluding hydrogens is 353 g/mol. The van der Waals surface area contributed by atoms with Crippen LogP contribution in [0, 0.1) is 3.57 Å². The number of para-hydroxylation sites is 1. The normalized spacial score (nSPS) is 10.1. The van der Waals surface area contributed by atoms with Crippen molar-refractivity contribution in [2.75, 3.05) is 19.0 Å². The summed E-state index contributed by atoms with van der Waals surface area (Å²) in [6.45, 7) is 0. The fourth-order valence-electron chi connectivity index (χ4n) is 1.58. The first-order valence-corrected chi connectivity index (χ1v) is 6.90. The fourth-order valence-corrected chi connectivity index (χ4v) is 2.08. The highest BCUT2D eigenvalue weighted by atomic mass is 127. The van der Waals surface area contributed by atoms with Gasteiger partial charge in [-0.15, -0.1) is 0 Å². The summed E-state index contributed by atoms with van der Waals surface area (Å²) in [6.07, 6.45) is 0. The molecule has 3 nitrogen and oxygen atoms in total. The van der Waals surface area contributed by atoms with Crippen molar-refractivity contribution in [1.82, 2.24) is 0 Å². The van der Waals surface area contributed by atoms with E-state index in [1.165, 1.54) is 0 Å². The number of rotatable bonds is 3. The van der Waals surface area contributed by atoms with Gasteiger partial charge in [-0.1, -0.05) is 12.1 Å². The first-order chi connectivity index (χ1) is 9.08. The van der Waals surface area contributed by atoms with E-state index in [0.717, 1.165) is 9.26 Å². The van der Waals surface area contributed by atoms with E-state index in [-0.39, 0.29) is 5.97 Å². The van der Waals surface area contributed by atoms with Crippen LogP contribution in [0.25, 0.3) is 0 Å². The van der Waals surface area contributed by atoms with Gasteiger partial charge in [0, 0.05) is 19.8 Å². The number of hydrogen-bond donors (Lipinski definition) is 0. The number of hydrogen-bond acceptors (Lipinski definition) is 3. The predicted octanol–water partition coefficient (Wildman–Crippen LogP) is 3.58. The summed E-state index contributed by atoms with van der Waals surface area (Å²) in [6, 6.07) is 14.8. The molecule has 98 valence electrons. The first-order valence-electron chi connectivity index (χ1n) is 5.82. The minimum absolute atomic E-state index is 0.338. The van der Waals surface area contributed by atoms with E-state index in [0.29, 0.717) is 11.3 Å². The molecule has 0 bridgehead atoms. The Bertz CT molecular complexity index is 579. The summed E-state index contributed by atoms with van der Waals surface area (Å²) in [5, 5.41) is 0. The SMILES string of the molecule is CN(C)c1ccc(C(=O)Oc2ccccc2I)cc1. The second-order valence-corrected chi connectivity index (χ2v) is 5.42. The molecular formula is C15H14INO2. The number of ether oxygens (including phenoxy) is 1. The van der Waals surface area contributed by atoms with Crippen molar-refractivity contribution >= 4 is 34.2 Å². The Hall–Kier alpha value is -1.56. The van der Waals surface area contributed by atoms with Crippen molar-refractivity contribution in [3.63, 3.8) is 0 Å². The van der Waals surface area contributed by atoms with Gasteiger partial charge in [0.25, 0.3) is 0 Å². The number of esters is 1. The smallest absolute Gasteiger partial charge is 0.343 e. The van der Waals surface area contributed by atoms with Crippen LogP contribution in [0.1, 0.15) is 10.4 Å². The monoisotopic (exact) mass is 367 g/mol. The van der Waals surface area contributed by atoms with Gasteiger partial charge in [0.2, 0.25) is 0 Å². The highest BCUT2D eigenvalue weighted by Gasteiger charge is 2.10. The second-order valence-electron chi connectivity index (χ2n) is 4.26. The van der Waals surface area contributed by atoms with Crippen LogP contribution in [0.3, 0.4) is 0 Å². The molecule has 0 spiro atoms. The lowest BCUT2D eigenvalue weighted by Crippen LogP contribution is -2.11. The number of nitrogens with zero attached hydrogens (tertiary/aromatic N) is 1. The van der Waals surface area contributed by atoms with Gasteiger partial charge in [0.1, 0.15) is 5.75 Å². The first kappa shape index (κ1) is 13.9. The van der Waals surface area contributed by atoms with E-state index in [9.17, 15) is 4.79 Å². The summed E-state index contributed by atoms with van der Waals surface area (Å²) in [5.41, 5.74) is 1.59. The van der Waals surface area contributed by atoms with Crippen LogP contribution in [-0.2, 0) is 0 Å². The molecule has 0 aromatic heterocycles. The van der Waals surface area contributed by atoms with Crippen LogP contribution in [0.15, 0.2) is 48.5 Å². The largest absolute Gasteiger partial charge is 0.422 e. The molecule has 0 fully saturated rings. The van der Waals surface area contributed by atoms with E-state index >= 15 is 0 Å². The van der Waals surface area contributed by atoms with Crippen LogP contribution in [-0.4, -0.2) is 20.1 Å². The van der Waals surface area contributed by atoms with Crippen LogP contribution in [0.4, 0.5) is 5.69 Å². The Labute approximate surface area is 126 Å². The molecule has 0 aliphatic heterocycles. The molecule has 0 atom stereocenters. The lowest BCUT2D eigenvalue weighted by molar-refractivity contribution is 0.0733. The van der Waals surface area contributed by atoms with Crippen molar-refractivity contribution in [2.45, 2.75) is 0 Å². The summed E-state index contributed by atoms with van der Waals surface area (Å²) in [7, 11) is 3.92. The summed E-state index contributed by atoms with van der Waals surface area (Å²) in [4.78, 5) is 14.0. The molecule has 4 heteroatoms. The Morgan fingerprint density at radius 2 is 1.68 bits per heavy atom. The lowest BCUT2D eigenvalue weighted by Gasteiger charge is -2.12. The second kappa shape index (κ2) is 6.06. The van der Waals surface area contributed by atoms with Crippen molar-refractivity contribution in [2.24, 2.45) is 0 Å². The van der Waals surface area contributed by atoms with Gasteiger partial charge in [0.05, 0.1) is 9.13 Å². The van der Waals surface area contributed by atoms with Crippen LogP contribution < -0.4 is 9.64 Å². The molecule has 0 unspecified atom stereocenters. The lowest BCUT2D eigenvalue weighted by atomic mass is 10.2. The zero-order chi connectivity index (χ0) is 13.8. The third-order valence-corrected chi connectivity index (χ3v) is 3.55. The molecule has 2 rings (SSSR count). The number of carbonyl (C=O) groups is 1. The topological polar surface area (TPSA) is 29.5 Å². The van der Waals surface area contributed by atoms with Gasteiger partial charge in [0.15, 0.2) is 0 Å². The fraction of sp³-hybridized carbons (Fsp3) is 0.133. The molecule has 0 aliphatic rings. The van der Waals surface area contributed by atoms with E-state index in [1.54, 1.807) is 18.2 Å². The number of benzene rings is 2. The van der Waals surface area contributed by atoms with E-state index in [1.807, 2.05) is 49.3 Å². The minimum atomic E-state index is -0.338. The molecule has 0 amide bonds. The van der Waals surface area contributed by atoms with Crippen molar-refractivity contribution < 1.29 is 9.53 Å². The minimum Gasteiger partial charge on any atom is -0.422 e. The maximum Gasteiger partial charge on any atom is 0.343 e. The molecule has 0 aliphatic carbocycles. The predicted molar refractivity (Wildman–Crippen MR) is 84.9 cm³/mol. The third kappa shape index (κ3) is 3.47. The maximum absolute atomic E-state index is 12.0. The zero-order valence-corrected chi connectivity index (χ0v) is 12.9. The molecule has 19 heavy (non-hydrogen) atoms. The van der Waals surface area contributed by atoms with Crippen LogP contribution in [0.5, 0.6) is 5.75 Å². The van der Waals surface area contributed by atoms with Gasteiger partial charge < -0.3 is 9.64 Å². The standard InChI is InChI=1S/C15H14INO2/c1-17(2)12-9-7-11(8-10-12)15(18)19-14-6-4-3-5-13(14)16/h3-10H,1-2H3. The van der Waals surface area contributed by atoms with Crippen molar-refractivity contribution in [3.8, 4) is 5.75 Å². The Morgan fingerprint density at radius 1 is 1.05 bits per heavy atom. The molecule has 0 N–H and O–H groups in total. The Morgan fingerprint density at radius 3 is 2.26 bits per heavy atom. The quantitative estimate of drug-likeness (QED) is 0.472. The molecule has 0 heterocycles. The van der Waals surface area contributed by atoms with Crippen molar-refractivity contribution in [1.29, 1.82) is 0 Å². The number of carbonyl (C=O) groups excluding carboxylic acids is 1. The summed E-state index contributed by atoms with van der Waals surface area (Å²) < 4.78 is 6.29. The summed E-state index contributed by atoms with van der Waals surface area (Å²) >= 11 is 2.14. The molecule has 0 saturated carbocycles. The van der Waals surface area contributed by atoms with E-state index in [2.05, 4.69) is 22.6 Å². The number of halogens is 1. The van der Waals surface area contributed by atoms with Gasteiger partial charge >= 0.3 is 5.97 Å². The maximum atomic E-state index is 12.0. The van der Waals surface area contributed by atoms with Crippen LogP contribution in [0.2, 0.25) is 0 Å². The van der Waals surface area contributed by atoms with E-state index in [4.69, 9.17) is 4.74 Å². The van der Waals surface area contributed by atoms with Crippen LogP contribution >= 0.6 is 22.6 Å².